The molecule has 1 unspecified atom stereocenters. The number of imide groups is 1. The van der Waals surface area contributed by atoms with Crippen molar-refractivity contribution in [1.29, 1.82) is 0 Å². The summed E-state index contributed by atoms with van der Waals surface area (Å²) in [7, 11) is 0. The van der Waals surface area contributed by atoms with Crippen molar-refractivity contribution >= 4 is 34.9 Å². The Kier molecular flexibility index (Phi) is 4.76. The topological polar surface area (TPSA) is 58.2 Å². The van der Waals surface area contributed by atoms with Crippen molar-refractivity contribution < 1.29 is 9.59 Å². The molecule has 88 valence electrons. The molecule has 0 aliphatic heterocycles. The standard InChI is InChI=1S/C10H13ClN2O2S/c1-6-3-4-16-8(6)5-12-10(15)13-9(14)7(2)11/h3-4,7H,5H2,1-2H3,(H2,12,13,14,15). The van der Waals surface area contributed by atoms with Crippen molar-refractivity contribution in [2.24, 2.45) is 0 Å². The van der Waals surface area contributed by atoms with Crippen LogP contribution in [0.25, 0.3) is 0 Å². The molecule has 3 amide bonds. The summed E-state index contributed by atoms with van der Waals surface area (Å²) in [4.78, 5) is 23.4. The fraction of sp³-hybridized carbons (Fsp3) is 0.400. The number of rotatable bonds is 3. The van der Waals surface area contributed by atoms with Gasteiger partial charge in [0, 0.05) is 4.88 Å². The lowest BCUT2D eigenvalue weighted by atomic mass is 10.3. The molecule has 1 heterocycles. The third kappa shape index (κ3) is 3.83. The fourth-order valence-corrected chi connectivity index (χ4v) is 1.90. The summed E-state index contributed by atoms with van der Waals surface area (Å²) in [5.74, 6) is -0.498. The summed E-state index contributed by atoms with van der Waals surface area (Å²) in [6.45, 7) is 3.89. The molecule has 1 atom stereocenters. The number of amides is 3. The van der Waals surface area contributed by atoms with Crippen LogP contribution in [0, 0.1) is 6.92 Å². The van der Waals surface area contributed by atoms with Crippen LogP contribution in [0.4, 0.5) is 4.79 Å². The Morgan fingerprint density at radius 1 is 1.56 bits per heavy atom. The van der Waals surface area contributed by atoms with E-state index in [9.17, 15) is 9.59 Å². The summed E-state index contributed by atoms with van der Waals surface area (Å²) in [5.41, 5.74) is 1.13. The lowest BCUT2D eigenvalue weighted by Gasteiger charge is -2.07. The van der Waals surface area contributed by atoms with Crippen LogP contribution in [-0.4, -0.2) is 17.3 Å². The lowest BCUT2D eigenvalue weighted by molar-refractivity contribution is -0.119. The highest BCUT2D eigenvalue weighted by molar-refractivity contribution is 7.10. The van der Waals surface area contributed by atoms with Gasteiger partial charge in [-0.05, 0) is 30.9 Å². The Morgan fingerprint density at radius 3 is 2.75 bits per heavy atom. The largest absolute Gasteiger partial charge is 0.333 e. The maximum absolute atomic E-state index is 11.3. The Hall–Kier alpha value is -1.07. The first-order chi connectivity index (χ1) is 7.50. The molecule has 0 saturated carbocycles. The van der Waals surface area contributed by atoms with Crippen molar-refractivity contribution in [1.82, 2.24) is 10.6 Å². The molecule has 1 rings (SSSR count). The van der Waals surface area contributed by atoms with Crippen LogP contribution in [-0.2, 0) is 11.3 Å². The van der Waals surface area contributed by atoms with Gasteiger partial charge in [-0.15, -0.1) is 22.9 Å². The van der Waals surface area contributed by atoms with Crippen LogP contribution in [0.2, 0.25) is 0 Å². The molecule has 2 N–H and O–H groups in total. The number of carbonyl (C=O) groups excluding carboxylic acids is 2. The first-order valence-corrected chi connectivity index (χ1v) is 6.08. The lowest BCUT2D eigenvalue weighted by Crippen LogP contribution is -2.41. The number of hydrogen-bond acceptors (Lipinski definition) is 3. The summed E-state index contributed by atoms with van der Waals surface area (Å²) in [6, 6.07) is 1.45. The summed E-state index contributed by atoms with van der Waals surface area (Å²) < 4.78 is 0. The highest BCUT2D eigenvalue weighted by Crippen LogP contribution is 2.14. The van der Waals surface area contributed by atoms with E-state index in [4.69, 9.17) is 11.6 Å². The highest BCUT2D eigenvalue weighted by atomic mass is 35.5. The highest BCUT2D eigenvalue weighted by Gasteiger charge is 2.12. The van der Waals surface area contributed by atoms with Crippen molar-refractivity contribution in [2.45, 2.75) is 25.8 Å². The molecular formula is C10H13ClN2O2S. The molecular weight excluding hydrogens is 248 g/mol. The molecule has 4 nitrogen and oxygen atoms in total. The molecule has 1 aromatic rings. The number of urea groups is 1. The number of carbonyl (C=O) groups is 2. The molecule has 0 radical (unpaired) electrons. The van der Waals surface area contributed by atoms with E-state index >= 15 is 0 Å². The number of thiophene rings is 1. The predicted molar refractivity (Wildman–Crippen MR) is 64.7 cm³/mol. The van der Waals surface area contributed by atoms with Gasteiger partial charge in [-0.25, -0.2) is 4.79 Å². The Bertz CT molecular complexity index is 390. The second-order valence-corrected chi connectivity index (χ2v) is 4.97. The molecule has 0 aliphatic rings. The van der Waals surface area contributed by atoms with Crippen molar-refractivity contribution in [2.75, 3.05) is 0 Å². The number of aryl methyl sites for hydroxylation is 1. The first-order valence-electron chi connectivity index (χ1n) is 4.76. The molecule has 0 bridgehead atoms. The maximum atomic E-state index is 11.3. The van der Waals surface area contributed by atoms with Gasteiger partial charge in [0.15, 0.2) is 0 Å². The molecule has 0 spiro atoms. The normalized spacial score (nSPS) is 11.9. The fourth-order valence-electron chi connectivity index (χ4n) is 1.00. The number of halogens is 1. The molecule has 0 aromatic carbocycles. The summed E-state index contributed by atoms with van der Waals surface area (Å²) >= 11 is 7.07. The van der Waals surface area contributed by atoms with E-state index in [1.165, 1.54) is 6.92 Å². The zero-order valence-corrected chi connectivity index (χ0v) is 10.6. The van der Waals surface area contributed by atoms with Gasteiger partial charge in [0.1, 0.15) is 5.38 Å². The van der Waals surface area contributed by atoms with E-state index < -0.39 is 17.3 Å². The molecule has 1 aromatic heterocycles. The van der Waals surface area contributed by atoms with Gasteiger partial charge in [0.25, 0.3) is 0 Å². The smallest absolute Gasteiger partial charge is 0.321 e. The number of alkyl halides is 1. The number of nitrogens with one attached hydrogen (secondary N) is 2. The maximum Gasteiger partial charge on any atom is 0.321 e. The van der Waals surface area contributed by atoms with E-state index in [2.05, 4.69) is 10.6 Å². The van der Waals surface area contributed by atoms with Crippen LogP contribution in [0.3, 0.4) is 0 Å². The van der Waals surface area contributed by atoms with Crippen molar-refractivity contribution in [3.8, 4) is 0 Å². The molecule has 6 heteroatoms. The van der Waals surface area contributed by atoms with Gasteiger partial charge in [-0.3, -0.25) is 10.1 Å². The van der Waals surface area contributed by atoms with Gasteiger partial charge < -0.3 is 5.32 Å². The number of hydrogen-bond donors (Lipinski definition) is 2. The van der Waals surface area contributed by atoms with Crippen LogP contribution in [0.1, 0.15) is 17.4 Å². The van der Waals surface area contributed by atoms with E-state index in [-0.39, 0.29) is 0 Å². The van der Waals surface area contributed by atoms with Gasteiger partial charge in [-0.1, -0.05) is 0 Å². The second-order valence-electron chi connectivity index (χ2n) is 3.31. The van der Waals surface area contributed by atoms with Gasteiger partial charge in [-0.2, -0.15) is 0 Å². The van der Waals surface area contributed by atoms with E-state index in [1.807, 2.05) is 18.4 Å². The predicted octanol–water partition coefficient (Wildman–Crippen LogP) is 2.01. The quantitative estimate of drug-likeness (QED) is 0.817. The zero-order valence-electron chi connectivity index (χ0n) is 9.04. The molecule has 0 fully saturated rings. The van der Waals surface area contributed by atoms with Gasteiger partial charge >= 0.3 is 6.03 Å². The zero-order chi connectivity index (χ0) is 12.1. The SMILES string of the molecule is Cc1ccsc1CNC(=O)NC(=O)C(C)Cl. The minimum atomic E-state index is -0.714. The van der Waals surface area contributed by atoms with Crippen LogP contribution in [0.15, 0.2) is 11.4 Å². The Morgan fingerprint density at radius 2 is 2.25 bits per heavy atom. The minimum Gasteiger partial charge on any atom is -0.333 e. The molecule has 0 saturated heterocycles. The van der Waals surface area contributed by atoms with Gasteiger partial charge in [0.2, 0.25) is 5.91 Å². The van der Waals surface area contributed by atoms with E-state index in [0.717, 1.165) is 10.4 Å². The molecule has 16 heavy (non-hydrogen) atoms. The third-order valence-electron chi connectivity index (χ3n) is 1.98. The minimum absolute atomic E-state index is 0.416. The Balaban J connectivity index is 2.36. The van der Waals surface area contributed by atoms with Crippen LogP contribution >= 0.6 is 22.9 Å². The average molecular weight is 261 g/mol. The average Bonchev–Trinajstić information content (AvgIpc) is 2.61. The first kappa shape index (κ1) is 13.0. The Labute approximate surface area is 103 Å². The van der Waals surface area contributed by atoms with Crippen molar-refractivity contribution in [3.63, 3.8) is 0 Å². The van der Waals surface area contributed by atoms with E-state index in [1.54, 1.807) is 11.3 Å². The second kappa shape index (κ2) is 5.86. The van der Waals surface area contributed by atoms with E-state index in [0.29, 0.717) is 6.54 Å². The van der Waals surface area contributed by atoms with Crippen molar-refractivity contribution in [3.05, 3.63) is 21.9 Å². The van der Waals surface area contributed by atoms with Crippen LogP contribution < -0.4 is 10.6 Å². The summed E-state index contributed by atoms with van der Waals surface area (Å²) in [6.07, 6.45) is 0. The van der Waals surface area contributed by atoms with Gasteiger partial charge in [0.05, 0.1) is 6.54 Å². The van der Waals surface area contributed by atoms with Crippen LogP contribution in [0.5, 0.6) is 0 Å². The molecule has 0 aliphatic carbocycles. The third-order valence-corrected chi connectivity index (χ3v) is 3.20. The summed E-state index contributed by atoms with van der Waals surface area (Å²) in [5, 5.41) is 5.98. The monoisotopic (exact) mass is 260 g/mol.